The molecule has 0 unspecified atom stereocenters. The van der Waals surface area contributed by atoms with Gasteiger partial charge in [-0.05, 0) is 0 Å². The molecule has 0 saturated heterocycles. The first-order chi connectivity index (χ1) is 11.3. The Hall–Kier alpha value is -2.66. The maximum Gasteiger partial charge on any atom is 0.273 e. The molecule has 0 atom stereocenters. The molecule has 23 heavy (non-hydrogen) atoms. The highest BCUT2D eigenvalue weighted by Crippen LogP contribution is 2.01. The summed E-state index contributed by atoms with van der Waals surface area (Å²) in [6, 6.07) is 19.2. The minimum atomic E-state index is -0.359. The van der Waals surface area contributed by atoms with Crippen LogP contribution in [0.25, 0.3) is 0 Å². The van der Waals surface area contributed by atoms with Crippen molar-refractivity contribution in [3.05, 3.63) is 71.8 Å². The van der Waals surface area contributed by atoms with E-state index in [1.165, 1.54) is 5.56 Å². The fourth-order valence-corrected chi connectivity index (χ4v) is 2.25. The first-order valence-electron chi connectivity index (χ1n) is 7.72. The van der Waals surface area contributed by atoms with E-state index in [0.717, 1.165) is 19.5 Å². The van der Waals surface area contributed by atoms with E-state index in [0.29, 0.717) is 12.1 Å². The highest BCUT2D eigenvalue weighted by atomic mass is 16.4. The Morgan fingerprint density at radius 3 is 2.35 bits per heavy atom. The van der Waals surface area contributed by atoms with Crippen molar-refractivity contribution in [2.45, 2.75) is 13.0 Å². The zero-order chi connectivity index (χ0) is 16.3. The molecule has 0 heterocycles. The van der Waals surface area contributed by atoms with E-state index in [1.54, 1.807) is 24.3 Å². The minimum Gasteiger partial charge on any atom is -0.410 e. The molecule has 4 N–H and O–H groups in total. The number of hydrogen-bond acceptors (Lipinski definition) is 3. The van der Waals surface area contributed by atoms with Crippen LogP contribution in [0.15, 0.2) is 65.8 Å². The summed E-state index contributed by atoms with van der Waals surface area (Å²) in [6.45, 7) is 2.41. The lowest BCUT2D eigenvalue weighted by molar-refractivity contribution is -0.670. The Balaban J connectivity index is 1.66. The van der Waals surface area contributed by atoms with Gasteiger partial charge in [0.05, 0.1) is 6.54 Å². The molecule has 0 spiro atoms. The summed E-state index contributed by atoms with van der Waals surface area (Å²) in [5.41, 5.74) is 1.93. The van der Waals surface area contributed by atoms with Gasteiger partial charge in [0.15, 0.2) is 5.71 Å². The molecule has 0 aliphatic carbocycles. The fraction of sp³-hybridized carbons (Fsp3) is 0.222. The van der Waals surface area contributed by atoms with Gasteiger partial charge in [-0.25, -0.2) is 0 Å². The van der Waals surface area contributed by atoms with Crippen molar-refractivity contribution in [2.75, 3.05) is 13.1 Å². The van der Waals surface area contributed by atoms with Crippen LogP contribution in [0.5, 0.6) is 0 Å². The summed E-state index contributed by atoms with van der Waals surface area (Å²) in [4.78, 5) is 12.0. The normalized spacial score (nSPS) is 11.2. The van der Waals surface area contributed by atoms with Gasteiger partial charge >= 0.3 is 0 Å². The highest BCUT2D eigenvalue weighted by Gasteiger charge is 2.13. The molecule has 0 aliphatic heterocycles. The molecular weight excluding hydrogens is 290 g/mol. The number of carbonyl (C=O) groups is 1. The maximum atomic E-state index is 12.0. The van der Waals surface area contributed by atoms with Crippen LogP contribution in [-0.4, -0.2) is 29.9 Å². The van der Waals surface area contributed by atoms with E-state index in [1.807, 2.05) is 24.3 Å². The van der Waals surface area contributed by atoms with Crippen molar-refractivity contribution < 1.29 is 15.3 Å². The van der Waals surface area contributed by atoms with E-state index in [-0.39, 0.29) is 11.6 Å². The van der Waals surface area contributed by atoms with Gasteiger partial charge in [-0.3, -0.25) is 4.79 Å². The van der Waals surface area contributed by atoms with Crippen molar-refractivity contribution in [2.24, 2.45) is 5.16 Å². The topological polar surface area (TPSA) is 78.3 Å². The molecule has 0 radical (unpaired) electrons. The van der Waals surface area contributed by atoms with Gasteiger partial charge in [0.2, 0.25) is 0 Å². The van der Waals surface area contributed by atoms with E-state index in [2.05, 4.69) is 27.9 Å². The zero-order valence-corrected chi connectivity index (χ0v) is 13.0. The molecule has 0 aromatic heterocycles. The number of nitrogens with two attached hydrogens (primary N) is 1. The van der Waals surface area contributed by atoms with Crippen LogP contribution in [0.3, 0.4) is 0 Å². The Morgan fingerprint density at radius 2 is 1.70 bits per heavy atom. The quantitative estimate of drug-likeness (QED) is 0.296. The van der Waals surface area contributed by atoms with Gasteiger partial charge in [0.25, 0.3) is 5.91 Å². The lowest BCUT2D eigenvalue weighted by Gasteiger charge is -2.06. The van der Waals surface area contributed by atoms with Crippen LogP contribution < -0.4 is 10.6 Å². The van der Waals surface area contributed by atoms with Gasteiger partial charge in [-0.2, -0.15) is 0 Å². The van der Waals surface area contributed by atoms with Crippen LogP contribution in [0.1, 0.15) is 17.5 Å². The van der Waals surface area contributed by atoms with Crippen LogP contribution in [0, 0.1) is 0 Å². The predicted octanol–water partition coefficient (Wildman–Crippen LogP) is 1.13. The number of hydrogen-bond donors (Lipinski definition) is 3. The molecule has 120 valence electrons. The van der Waals surface area contributed by atoms with E-state index in [9.17, 15) is 4.79 Å². The van der Waals surface area contributed by atoms with Crippen LogP contribution in [-0.2, 0) is 11.3 Å². The van der Waals surface area contributed by atoms with E-state index < -0.39 is 0 Å². The molecule has 5 heteroatoms. The number of nitrogens with one attached hydrogen (secondary N) is 1. The molecule has 5 nitrogen and oxygen atoms in total. The monoisotopic (exact) mass is 312 g/mol. The molecule has 0 saturated carbocycles. The SMILES string of the molecule is O=C(NCCC[NH2+]Cc1ccccc1)/C(=N/O)c1ccccc1. The maximum absolute atomic E-state index is 12.0. The molecule has 0 bridgehead atoms. The van der Waals surface area contributed by atoms with E-state index >= 15 is 0 Å². The summed E-state index contributed by atoms with van der Waals surface area (Å²) in [7, 11) is 0. The molecule has 2 aromatic rings. The second kappa shape index (κ2) is 9.38. The first-order valence-corrected chi connectivity index (χ1v) is 7.72. The second-order valence-corrected chi connectivity index (χ2v) is 5.19. The number of carbonyl (C=O) groups excluding carboxylic acids is 1. The van der Waals surface area contributed by atoms with E-state index in [4.69, 9.17) is 5.21 Å². The molecular formula is C18H22N3O2+. The van der Waals surface area contributed by atoms with Crippen molar-refractivity contribution in [1.29, 1.82) is 0 Å². The molecule has 2 aromatic carbocycles. The fourth-order valence-electron chi connectivity index (χ4n) is 2.25. The summed E-state index contributed by atoms with van der Waals surface area (Å²) < 4.78 is 0. The zero-order valence-electron chi connectivity index (χ0n) is 13.0. The van der Waals surface area contributed by atoms with Crippen molar-refractivity contribution in [1.82, 2.24) is 5.32 Å². The van der Waals surface area contributed by atoms with Gasteiger partial charge in [-0.1, -0.05) is 65.8 Å². The number of benzene rings is 2. The average molecular weight is 312 g/mol. The Morgan fingerprint density at radius 1 is 1.04 bits per heavy atom. The Kier molecular flexibility index (Phi) is 6.81. The smallest absolute Gasteiger partial charge is 0.273 e. The number of rotatable bonds is 8. The third-order valence-corrected chi connectivity index (χ3v) is 3.46. The van der Waals surface area contributed by atoms with Crippen molar-refractivity contribution >= 4 is 11.6 Å². The standard InChI is InChI=1S/C18H21N3O2/c22-18(17(21-23)16-10-5-2-6-11-16)20-13-7-12-19-14-15-8-3-1-4-9-15/h1-6,8-11,19,23H,7,12-14H2,(H,20,22)/p+1/b21-17+. The highest BCUT2D eigenvalue weighted by molar-refractivity contribution is 6.45. The summed E-state index contributed by atoms with van der Waals surface area (Å²) in [5, 5.41) is 17.1. The van der Waals surface area contributed by atoms with Crippen LogP contribution in [0.4, 0.5) is 0 Å². The van der Waals surface area contributed by atoms with Crippen LogP contribution >= 0.6 is 0 Å². The second-order valence-electron chi connectivity index (χ2n) is 5.19. The number of nitrogens with zero attached hydrogens (tertiary/aromatic N) is 1. The van der Waals surface area contributed by atoms with Crippen LogP contribution in [0.2, 0.25) is 0 Å². The molecule has 2 rings (SSSR count). The van der Waals surface area contributed by atoms with Crippen molar-refractivity contribution in [3.63, 3.8) is 0 Å². The first kappa shape index (κ1) is 16.7. The third-order valence-electron chi connectivity index (χ3n) is 3.46. The summed E-state index contributed by atoms with van der Waals surface area (Å²) in [6.07, 6.45) is 0.853. The number of oxime groups is 1. The molecule has 0 aliphatic rings. The number of amides is 1. The number of quaternary nitrogens is 1. The molecule has 1 amide bonds. The largest absolute Gasteiger partial charge is 0.410 e. The predicted molar refractivity (Wildman–Crippen MR) is 89.3 cm³/mol. The third kappa shape index (κ3) is 5.56. The Bertz CT molecular complexity index is 627. The summed E-state index contributed by atoms with van der Waals surface area (Å²) in [5.74, 6) is -0.359. The van der Waals surface area contributed by atoms with Gasteiger partial charge in [-0.15, -0.1) is 0 Å². The lowest BCUT2D eigenvalue weighted by Crippen LogP contribution is -2.82. The Labute approximate surface area is 136 Å². The average Bonchev–Trinajstić information content (AvgIpc) is 2.60. The van der Waals surface area contributed by atoms with Gasteiger partial charge < -0.3 is 15.8 Å². The molecule has 0 fully saturated rings. The van der Waals surface area contributed by atoms with Gasteiger partial charge in [0.1, 0.15) is 6.54 Å². The minimum absolute atomic E-state index is 0.0406. The van der Waals surface area contributed by atoms with Crippen molar-refractivity contribution in [3.8, 4) is 0 Å². The lowest BCUT2D eigenvalue weighted by atomic mass is 10.1. The summed E-state index contributed by atoms with van der Waals surface area (Å²) >= 11 is 0. The van der Waals surface area contributed by atoms with Gasteiger partial charge in [0, 0.05) is 24.1 Å².